The summed E-state index contributed by atoms with van der Waals surface area (Å²) < 4.78 is 0. The number of hydrogen-bond acceptors (Lipinski definition) is 6. The van der Waals surface area contributed by atoms with E-state index in [0.29, 0.717) is 5.82 Å². The minimum Gasteiger partial charge on any atom is -0.340 e. The van der Waals surface area contributed by atoms with Gasteiger partial charge < -0.3 is 10.7 Å². The predicted molar refractivity (Wildman–Crippen MR) is 85.3 cm³/mol. The Labute approximate surface area is 123 Å². The van der Waals surface area contributed by atoms with Gasteiger partial charge in [0.1, 0.15) is 17.5 Å². The van der Waals surface area contributed by atoms with Crippen LogP contribution < -0.4 is 16.6 Å². The summed E-state index contributed by atoms with van der Waals surface area (Å²) in [7, 11) is 0. The molecule has 20 heavy (non-hydrogen) atoms. The van der Waals surface area contributed by atoms with Crippen molar-refractivity contribution in [3.05, 3.63) is 36.2 Å². The van der Waals surface area contributed by atoms with E-state index in [1.165, 1.54) is 4.90 Å². The summed E-state index contributed by atoms with van der Waals surface area (Å²) in [6.45, 7) is 2.10. The van der Waals surface area contributed by atoms with Crippen molar-refractivity contribution in [2.24, 2.45) is 5.84 Å². The summed E-state index contributed by atoms with van der Waals surface area (Å²) in [5.41, 5.74) is 3.57. The fraction of sp³-hybridized carbons (Fsp3) is 0.286. The molecule has 0 atom stereocenters. The molecule has 0 amide bonds. The van der Waals surface area contributed by atoms with Gasteiger partial charge in [0.25, 0.3) is 0 Å². The van der Waals surface area contributed by atoms with Crippen LogP contribution in [0.2, 0.25) is 0 Å². The number of nitrogens with one attached hydrogen (secondary N) is 2. The van der Waals surface area contributed by atoms with Crippen LogP contribution >= 0.6 is 11.8 Å². The van der Waals surface area contributed by atoms with Gasteiger partial charge in [0.2, 0.25) is 0 Å². The first kappa shape index (κ1) is 14.6. The summed E-state index contributed by atoms with van der Waals surface area (Å²) in [5, 5.41) is 3.27. The lowest BCUT2D eigenvalue weighted by molar-refractivity contribution is 0.837. The lowest BCUT2D eigenvalue weighted by Crippen LogP contribution is -2.11. The lowest BCUT2D eigenvalue weighted by Gasteiger charge is -2.09. The molecule has 1 aromatic heterocycles. The highest BCUT2D eigenvalue weighted by Crippen LogP contribution is 2.21. The van der Waals surface area contributed by atoms with Crippen LogP contribution in [0.4, 0.5) is 17.3 Å². The number of thioether (sulfide) groups is 1. The Kier molecular flexibility index (Phi) is 5.20. The summed E-state index contributed by atoms with van der Waals surface area (Å²) >= 11 is 1.72. The summed E-state index contributed by atoms with van der Waals surface area (Å²) in [5.74, 6) is 7.59. The lowest BCUT2D eigenvalue weighted by atomic mass is 10.3. The Bertz CT molecular complexity index is 556. The van der Waals surface area contributed by atoms with E-state index in [0.717, 1.165) is 30.2 Å². The van der Waals surface area contributed by atoms with Crippen molar-refractivity contribution in [1.82, 2.24) is 9.97 Å². The first-order valence-electron chi connectivity index (χ1n) is 6.50. The number of rotatable bonds is 6. The van der Waals surface area contributed by atoms with Crippen LogP contribution in [0.3, 0.4) is 0 Å². The first-order valence-corrected chi connectivity index (χ1v) is 7.73. The van der Waals surface area contributed by atoms with Crippen LogP contribution in [0.1, 0.15) is 19.2 Å². The highest BCUT2D eigenvalue weighted by Gasteiger charge is 2.04. The Morgan fingerprint density at radius 1 is 1.15 bits per heavy atom. The first-order chi connectivity index (χ1) is 9.75. The number of anilines is 3. The maximum absolute atomic E-state index is 5.44. The number of nitrogens with zero attached hydrogens (tertiary/aromatic N) is 2. The fourth-order valence-electron chi connectivity index (χ4n) is 1.79. The van der Waals surface area contributed by atoms with Gasteiger partial charge in [-0.15, -0.1) is 11.8 Å². The molecule has 1 heterocycles. The Hall–Kier alpha value is -1.79. The largest absolute Gasteiger partial charge is 0.340 e. The molecule has 5 nitrogen and oxygen atoms in total. The zero-order chi connectivity index (χ0) is 14.4. The SMILES string of the molecule is CCCc1nc(NN)cc(Nc2ccc(SC)cc2)n1. The molecule has 106 valence electrons. The molecule has 1 aromatic carbocycles. The quantitative estimate of drug-likeness (QED) is 0.431. The number of hydrazine groups is 1. The molecular formula is C14H19N5S. The third-order valence-corrected chi connectivity index (χ3v) is 3.50. The van der Waals surface area contributed by atoms with Crippen LogP contribution in [0, 0.1) is 0 Å². The number of nitrogens with two attached hydrogens (primary N) is 1. The molecule has 4 N–H and O–H groups in total. The molecule has 2 rings (SSSR count). The van der Waals surface area contributed by atoms with Crippen molar-refractivity contribution >= 4 is 29.1 Å². The number of nitrogen functional groups attached to an aromatic ring is 1. The van der Waals surface area contributed by atoms with Gasteiger partial charge in [0.15, 0.2) is 0 Å². The topological polar surface area (TPSA) is 75.9 Å². The van der Waals surface area contributed by atoms with Crippen molar-refractivity contribution < 1.29 is 0 Å². The van der Waals surface area contributed by atoms with Crippen molar-refractivity contribution in [3.8, 4) is 0 Å². The van der Waals surface area contributed by atoms with E-state index in [-0.39, 0.29) is 0 Å². The van der Waals surface area contributed by atoms with Crippen LogP contribution in [0.25, 0.3) is 0 Å². The average molecular weight is 289 g/mol. The van der Waals surface area contributed by atoms with Gasteiger partial charge in [0.05, 0.1) is 0 Å². The molecule has 0 radical (unpaired) electrons. The Morgan fingerprint density at radius 3 is 2.45 bits per heavy atom. The molecule has 0 bridgehead atoms. The second-order valence-electron chi connectivity index (χ2n) is 4.30. The molecule has 0 saturated heterocycles. The number of aryl methyl sites for hydroxylation is 1. The number of aromatic nitrogens is 2. The smallest absolute Gasteiger partial charge is 0.145 e. The number of benzene rings is 1. The minimum absolute atomic E-state index is 0.617. The van der Waals surface area contributed by atoms with E-state index in [1.54, 1.807) is 17.8 Å². The van der Waals surface area contributed by atoms with E-state index in [1.807, 2.05) is 12.1 Å². The molecule has 0 spiro atoms. The Morgan fingerprint density at radius 2 is 1.85 bits per heavy atom. The van der Waals surface area contributed by atoms with Gasteiger partial charge in [-0.1, -0.05) is 6.92 Å². The van der Waals surface area contributed by atoms with E-state index in [4.69, 9.17) is 5.84 Å². The normalized spacial score (nSPS) is 10.3. The van der Waals surface area contributed by atoms with Crippen molar-refractivity contribution in [3.63, 3.8) is 0 Å². The number of hydrogen-bond donors (Lipinski definition) is 3. The van der Waals surface area contributed by atoms with Crippen LogP contribution in [0.5, 0.6) is 0 Å². The van der Waals surface area contributed by atoms with E-state index < -0.39 is 0 Å². The van der Waals surface area contributed by atoms with Crippen molar-refractivity contribution in [1.29, 1.82) is 0 Å². The van der Waals surface area contributed by atoms with E-state index >= 15 is 0 Å². The van der Waals surface area contributed by atoms with E-state index in [9.17, 15) is 0 Å². The van der Waals surface area contributed by atoms with Gasteiger partial charge in [-0.25, -0.2) is 15.8 Å². The average Bonchev–Trinajstić information content (AvgIpc) is 2.48. The molecule has 0 fully saturated rings. The van der Waals surface area contributed by atoms with Gasteiger partial charge in [-0.05, 0) is 36.9 Å². The molecule has 2 aromatic rings. The third kappa shape index (κ3) is 3.85. The molecule has 0 aliphatic carbocycles. The highest BCUT2D eigenvalue weighted by atomic mass is 32.2. The van der Waals surface area contributed by atoms with Crippen LogP contribution in [-0.2, 0) is 6.42 Å². The van der Waals surface area contributed by atoms with Gasteiger partial charge in [-0.2, -0.15) is 0 Å². The molecule has 0 aliphatic heterocycles. The zero-order valence-corrected chi connectivity index (χ0v) is 12.5. The molecule has 6 heteroatoms. The maximum atomic E-state index is 5.44. The van der Waals surface area contributed by atoms with Gasteiger partial charge in [0, 0.05) is 23.1 Å². The van der Waals surface area contributed by atoms with Crippen molar-refractivity contribution in [2.45, 2.75) is 24.7 Å². The molecule has 0 aliphatic rings. The second kappa shape index (κ2) is 7.12. The van der Waals surface area contributed by atoms with Gasteiger partial charge >= 0.3 is 0 Å². The van der Waals surface area contributed by atoms with Crippen LogP contribution in [0.15, 0.2) is 35.2 Å². The summed E-state index contributed by atoms with van der Waals surface area (Å²) in [6, 6.07) is 10.0. The molecular weight excluding hydrogens is 270 g/mol. The monoisotopic (exact) mass is 289 g/mol. The fourth-order valence-corrected chi connectivity index (χ4v) is 2.20. The molecule has 0 unspecified atom stereocenters. The van der Waals surface area contributed by atoms with Gasteiger partial charge in [-0.3, -0.25) is 0 Å². The summed E-state index contributed by atoms with van der Waals surface area (Å²) in [4.78, 5) is 10.0. The summed E-state index contributed by atoms with van der Waals surface area (Å²) in [6.07, 6.45) is 3.88. The predicted octanol–water partition coefficient (Wildman–Crippen LogP) is 3.18. The Balaban J connectivity index is 2.20. The highest BCUT2D eigenvalue weighted by molar-refractivity contribution is 7.98. The van der Waals surface area contributed by atoms with Crippen molar-refractivity contribution in [2.75, 3.05) is 17.0 Å². The zero-order valence-electron chi connectivity index (χ0n) is 11.7. The second-order valence-corrected chi connectivity index (χ2v) is 5.18. The minimum atomic E-state index is 0.617. The standard InChI is InChI=1S/C14H19N5S/c1-3-4-12-17-13(9-14(18-12)19-15)16-10-5-7-11(20-2)8-6-10/h5-9H,3-4,15H2,1-2H3,(H2,16,17,18,19). The maximum Gasteiger partial charge on any atom is 0.145 e. The van der Waals surface area contributed by atoms with E-state index in [2.05, 4.69) is 46.0 Å². The third-order valence-electron chi connectivity index (χ3n) is 2.76. The molecule has 0 saturated carbocycles. The van der Waals surface area contributed by atoms with Crippen LogP contribution in [-0.4, -0.2) is 16.2 Å².